The van der Waals surface area contributed by atoms with Crippen molar-refractivity contribution >= 4 is 17.5 Å². The van der Waals surface area contributed by atoms with E-state index in [4.69, 9.17) is 5.11 Å². The molecule has 3 rings (SSSR count). The first-order chi connectivity index (χ1) is 11.1. The van der Waals surface area contributed by atoms with Crippen LogP contribution in [0.4, 0.5) is 11.5 Å². The Labute approximate surface area is 132 Å². The maximum atomic E-state index is 11.0. The number of nitrogens with one attached hydrogen (secondary N) is 1. The van der Waals surface area contributed by atoms with Gasteiger partial charge in [0.25, 0.3) is 0 Å². The van der Waals surface area contributed by atoms with Crippen LogP contribution in [0, 0.1) is 6.92 Å². The maximum absolute atomic E-state index is 11.0. The lowest BCUT2D eigenvalue weighted by molar-refractivity contribution is 0.0697. The number of hydrogen-bond donors (Lipinski definition) is 2. The number of anilines is 2. The first-order valence-corrected chi connectivity index (χ1v) is 6.98. The van der Waals surface area contributed by atoms with Crippen LogP contribution >= 0.6 is 0 Å². The Kier molecular flexibility index (Phi) is 3.97. The van der Waals surface area contributed by atoms with Crippen molar-refractivity contribution in [2.24, 2.45) is 0 Å². The third kappa shape index (κ3) is 3.49. The predicted molar refractivity (Wildman–Crippen MR) is 86.7 cm³/mol. The molecule has 0 aliphatic rings. The molecule has 3 aromatic rings. The van der Waals surface area contributed by atoms with Crippen molar-refractivity contribution in [1.29, 1.82) is 0 Å². The minimum Gasteiger partial charge on any atom is -0.478 e. The molecule has 2 N–H and O–H groups in total. The van der Waals surface area contributed by atoms with Crippen LogP contribution in [-0.4, -0.2) is 26.0 Å². The van der Waals surface area contributed by atoms with Crippen LogP contribution in [0.3, 0.4) is 0 Å². The Balaban J connectivity index is 1.93. The predicted octanol–water partition coefficient (Wildman–Crippen LogP) is 3.29. The molecule has 0 saturated carbocycles. The summed E-state index contributed by atoms with van der Waals surface area (Å²) in [6.45, 7) is 1.88. The van der Waals surface area contributed by atoms with Gasteiger partial charge in [-0.05, 0) is 37.3 Å². The van der Waals surface area contributed by atoms with Gasteiger partial charge in [0.15, 0.2) is 5.82 Å². The van der Waals surface area contributed by atoms with Gasteiger partial charge in [0.1, 0.15) is 5.82 Å². The van der Waals surface area contributed by atoms with Crippen molar-refractivity contribution in [1.82, 2.24) is 15.0 Å². The van der Waals surface area contributed by atoms with Gasteiger partial charge in [-0.25, -0.2) is 14.8 Å². The van der Waals surface area contributed by atoms with Crippen LogP contribution < -0.4 is 5.32 Å². The lowest BCUT2D eigenvalue weighted by atomic mass is 10.2. The maximum Gasteiger partial charge on any atom is 0.335 e. The second-order valence-electron chi connectivity index (χ2n) is 4.97. The van der Waals surface area contributed by atoms with E-state index in [1.54, 1.807) is 42.7 Å². The molecule has 0 unspecified atom stereocenters. The largest absolute Gasteiger partial charge is 0.478 e. The summed E-state index contributed by atoms with van der Waals surface area (Å²) in [5.41, 5.74) is 2.49. The molecule has 0 fully saturated rings. The van der Waals surface area contributed by atoms with Crippen molar-refractivity contribution in [3.63, 3.8) is 0 Å². The Morgan fingerprint density at radius 3 is 2.74 bits per heavy atom. The van der Waals surface area contributed by atoms with Crippen LogP contribution in [0.2, 0.25) is 0 Å². The van der Waals surface area contributed by atoms with E-state index in [1.807, 2.05) is 19.1 Å². The zero-order chi connectivity index (χ0) is 16.2. The smallest absolute Gasteiger partial charge is 0.335 e. The average Bonchev–Trinajstić information content (AvgIpc) is 2.55. The molecule has 0 saturated heterocycles. The van der Waals surface area contributed by atoms with Crippen molar-refractivity contribution in [2.75, 3.05) is 5.32 Å². The number of carboxylic acids is 1. The summed E-state index contributed by atoms with van der Waals surface area (Å²) in [6, 6.07) is 12.1. The van der Waals surface area contributed by atoms with Gasteiger partial charge in [-0.15, -0.1) is 0 Å². The van der Waals surface area contributed by atoms with Gasteiger partial charge in [0.2, 0.25) is 0 Å². The quantitative estimate of drug-likeness (QED) is 0.769. The molecule has 0 radical (unpaired) electrons. The third-order valence-corrected chi connectivity index (χ3v) is 3.16. The van der Waals surface area contributed by atoms with Crippen molar-refractivity contribution < 1.29 is 9.90 Å². The fourth-order valence-electron chi connectivity index (χ4n) is 2.13. The summed E-state index contributed by atoms with van der Waals surface area (Å²) in [5, 5.41) is 12.2. The summed E-state index contributed by atoms with van der Waals surface area (Å²) < 4.78 is 0. The molecule has 6 nitrogen and oxygen atoms in total. The molecule has 1 aromatic carbocycles. The Morgan fingerprint density at radius 2 is 2.00 bits per heavy atom. The van der Waals surface area contributed by atoms with E-state index in [-0.39, 0.29) is 5.56 Å². The molecule has 23 heavy (non-hydrogen) atoms. The van der Waals surface area contributed by atoms with Crippen LogP contribution in [0.25, 0.3) is 11.4 Å². The molecule has 114 valence electrons. The number of aromatic carboxylic acids is 1. The van der Waals surface area contributed by atoms with Gasteiger partial charge < -0.3 is 10.4 Å². The SMILES string of the molecule is Cc1cc(Nc2cccc(C(=O)O)c2)nc(-c2cccnc2)n1. The number of carboxylic acid groups (broad SMARTS) is 1. The Hall–Kier alpha value is -3.28. The van der Waals surface area contributed by atoms with Crippen molar-refractivity contribution in [2.45, 2.75) is 6.92 Å². The highest BCUT2D eigenvalue weighted by Gasteiger charge is 2.07. The van der Waals surface area contributed by atoms with Crippen LogP contribution in [0.5, 0.6) is 0 Å². The topological polar surface area (TPSA) is 88.0 Å². The van der Waals surface area contributed by atoms with E-state index in [2.05, 4.69) is 20.3 Å². The van der Waals surface area contributed by atoms with Gasteiger partial charge in [-0.1, -0.05) is 6.07 Å². The lowest BCUT2D eigenvalue weighted by Crippen LogP contribution is -2.01. The molecular formula is C17H14N4O2. The molecule has 0 atom stereocenters. The fraction of sp³-hybridized carbons (Fsp3) is 0.0588. The number of benzene rings is 1. The Bertz CT molecular complexity index is 850. The van der Waals surface area contributed by atoms with Gasteiger partial charge in [-0.3, -0.25) is 4.98 Å². The molecule has 0 aliphatic heterocycles. The zero-order valence-corrected chi connectivity index (χ0v) is 12.4. The van der Waals surface area contributed by atoms with E-state index in [0.717, 1.165) is 11.3 Å². The van der Waals surface area contributed by atoms with Gasteiger partial charge >= 0.3 is 5.97 Å². The van der Waals surface area contributed by atoms with Crippen LogP contribution in [0.15, 0.2) is 54.9 Å². The number of hydrogen-bond acceptors (Lipinski definition) is 5. The number of carbonyl (C=O) groups is 1. The van der Waals surface area contributed by atoms with E-state index in [9.17, 15) is 4.79 Å². The van der Waals surface area contributed by atoms with E-state index >= 15 is 0 Å². The summed E-state index contributed by atoms with van der Waals surface area (Å²) in [6.07, 6.45) is 3.39. The monoisotopic (exact) mass is 306 g/mol. The number of rotatable bonds is 4. The normalized spacial score (nSPS) is 10.3. The summed E-state index contributed by atoms with van der Waals surface area (Å²) in [5.74, 6) is 0.192. The lowest BCUT2D eigenvalue weighted by Gasteiger charge is -2.09. The zero-order valence-electron chi connectivity index (χ0n) is 12.4. The number of pyridine rings is 1. The van der Waals surface area contributed by atoms with E-state index < -0.39 is 5.97 Å². The van der Waals surface area contributed by atoms with Crippen molar-refractivity contribution in [3.8, 4) is 11.4 Å². The van der Waals surface area contributed by atoms with Gasteiger partial charge in [0.05, 0.1) is 5.56 Å². The molecule has 2 heterocycles. The first kappa shape index (κ1) is 14.6. The first-order valence-electron chi connectivity index (χ1n) is 6.98. The van der Waals surface area contributed by atoms with Gasteiger partial charge in [-0.2, -0.15) is 0 Å². The fourth-order valence-corrected chi connectivity index (χ4v) is 2.13. The second-order valence-corrected chi connectivity index (χ2v) is 4.97. The molecule has 0 aliphatic carbocycles. The number of nitrogens with zero attached hydrogens (tertiary/aromatic N) is 3. The van der Waals surface area contributed by atoms with E-state index in [0.29, 0.717) is 17.3 Å². The van der Waals surface area contributed by atoms with Crippen molar-refractivity contribution in [3.05, 3.63) is 66.1 Å². The molecule has 0 spiro atoms. The summed E-state index contributed by atoms with van der Waals surface area (Å²) >= 11 is 0. The standard InChI is InChI=1S/C17H14N4O2/c1-11-8-15(20-14-6-2-4-12(9-14)17(22)23)21-16(19-11)13-5-3-7-18-10-13/h2-10H,1H3,(H,22,23)(H,19,20,21). The van der Waals surface area contributed by atoms with Crippen LogP contribution in [-0.2, 0) is 0 Å². The molecular weight excluding hydrogens is 292 g/mol. The highest BCUT2D eigenvalue weighted by molar-refractivity contribution is 5.89. The number of aryl methyl sites for hydroxylation is 1. The molecule has 6 heteroatoms. The minimum absolute atomic E-state index is 0.216. The minimum atomic E-state index is -0.969. The number of aromatic nitrogens is 3. The molecule has 0 bridgehead atoms. The third-order valence-electron chi connectivity index (χ3n) is 3.16. The summed E-state index contributed by atoms with van der Waals surface area (Å²) in [7, 11) is 0. The summed E-state index contributed by atoms with van der Waals surface area (Å²) in [4.78, 5) is 24.0. The van der Waals surface area contributed by atoms with E-state index in [1.165, 1.54) is 0 Å². The highest BCUT2D eigenvalue weighted by Crippen LogP contribution is 2.20. The van der Waals surface area contributed by atoms with Gasteiger partial charge in [0, 0.05) is 35.4 Å². The molecule has 0 amide bonds. The second kappa shape index (κ2) is 6.23. The molecule has 2 aromatic heterocycles. The highest BCUT2D eigenvalue weighted by atomic mass is 16.4. The van der Waals surface area contributed by atoms with Crippen LogP contribution in [0.1, 0.15) is 16.1 Å². The average molecular weight is 306 g/mol. The Morgan fingerprint density at radius 1 is 1.13 bits per heavy atom.